The number of nitrogens with two attached hydrogens (primary N) is 1. The molecule has 5 N–H and O–H groups in total. The number of carbonyl (C=O) groups excluding carboxylic acids is 1. The lowest BCUT2D eigenvalue weighted by Crippen LogP contribution is -2.34. The molecule has 0 aromatic carbocycles. The number of anilines is 2. The Bertz CT molecular complexity index is 609. The van der Waals surface area contributed by atoms with Crippen LogP contribution in [0.3, 0.4) is 0 Å². The Morgan fingerprint density at radius 3 is 2.71 bits per heavy atom. The average molecular weight is 333 g/mol. The van der Waals surface area contributed by atoms with Gasteiger partial charge in [0.05, 0.1) is 6.26 Å². The Labute approximate surface area is 127 Å². The number of rotatable bonds is 7. The molecule has 2 rings (SSSR count). The quantitative estimate of drug-likeness (QED) is 0.519. The van der Waals surface area contributed by atoms with Crippen LogP contribution in [0.15, 0.2) is 0 Å². The van der Waals surface area contributed by atoms with Crippen molar-refractivity contribution < 1.29 is 13.2 Å². The summed E-state index contributed by atoms with van der Waals surface area (Å²) in [6.45, 7) is 0.324. The highest BCUT2D eigenvalue weighted by Crippen LogP contribution is 2.29. The summed E-state index contributed by atoms with van der Waals surface area (Å²) in [7, 11) is -3.25. The number of hydrogen-bond donors (Lipinski definition) is 4. The largest absolute Gasteiger partial charge is 0.382 e. The van der Waals surface area contributed by atoms with E-state index in [2.05, 4.69) is 20.3 Å². The summed E-state index contributed by atoms with van der Waals surface area (Å²) in [6, 6.07) is 0.422. The van der Waals surface area contributed by atoms with Crippen LogP contribution in [-0.2, 0) is 10.0 Å². The highest BCUT2D eigenvalue weighted by atomic mass is 32.2. The number of nitrogens with one attached hydrogen (secondary N) is 3. The minimum absolute atomic E-state index is 0.135. The number of amides is 1. The van der Waals surface area contributed by atoms with Gasteiger partial charge in [0.2, 0.25) is 10.0 Å². The van der Waals surface area contributed by atoms with Crippen molar-refractivity contribution >= 4 is 38.2 Å². The minimum Gasteiger partial charge on any atom is -0.382 e. The molecule has 1 amide bonds. The average Bonchev–Trinajstić information content (AvgIpc) is 2.69. The molecular formula is C11H19N5O3S2. The third-order valence-corrected chi connectivity index (χ3v) is 4.80. The number of nitrogen functional groups attached to an aromatic ring is 1. The van der Waals surface area contributed by atoms with Gasteiger partial charge in [-0.25, -0.2) is 18.1 Å². The van der Waals surface area contributed by atoms with Crippen LogP contribution in [0.4, 0.5) is 10.9 Å². The van der Waals surface area contributed by atoms with E-state index in [4.69, 9.17) is 5.73 Å². The highest BCUT2D eigenvalue weighted by Gasteiger charge is 2.21. The molecule has 21 heavy (non-hydrogen) atoms. The van der Waals surface area contributed by atoms with Crippen LogP contribution < -0.4 is 21.1 Å². The molecule has 10 heteroatoms. The second-order valence-corrected chi connectivity index (χ2v) is 7.76. The third kappa shape index (κ3) is 4.83. The number of hydrogen-bond acceptors (Lipinski definition) is 7. The van der Waals surface area contributed by atoms with E-state index in [1.165, 1.54) is 17.8 Å². The molecule has 0 bridgehead atoms. The number of aromatic nitrogens is 1. The van der Waals surface area contributed by atoms with Gasteiger partial charge in [-0.3, -0.25) is 4.79 Å². The molecule has 118 valence electrons. The summed E-state index contributed by atoms with van der Waals surface area (Å²) in [5, 5.41) is 6.49. The van der Waals surface area contributed by atoms with Crippen LogP contribution in [0.5, 0.6) is 0 Å². The van der Waals surface area contributed by atoms with Crippen LogP contribution in [0, 0.1) is 0 Å². The van der Waals surface area contributed by atoms with E-state index in [-0.39, 0.29) is 24.8 Å². The van der Waals surface area contributed by atoms with Gasteiger partial charge < -0.3 is 16.4 Å². The zero-order chi connectivity index (χ0) is 15.5. The molecule has 1 aromatic heterocycles. The van der Waals surface area contributed by atoms with Gasteiger partial charge >= 0.3 is 0 Å². The van der Waals surface area contributed by atoms with E-state index >= 15 is 0 Å². The molecule has 1 saturated carbocycles. The third-order valence-electron chi connectivity index (χ3n) is 3.07. The summed E-state index contributed by atoms with van der Waals surface area (Å²) in [4.78, 5) is 16.4. The Kier molecular flexibility index (Phi) is 5.01. The first-order valence-electron chi connectivity index (χ1n) is 6.61. The van der Waals surface area contributed by atoms with Crippen molar-refractivity contribution in [2.45, 2.75) is 25.3 Å². The Morgan fingerprint density at radius 1 is 1.43 bits per heavy atom. The monoisotopic (exact) mass is 333 g/mol. The SMILES string of the molecule is CS(=O)(=O)NCCNC(=O)c1sc(NC2CCC2)nc1N. The number of carbonyl (C=O) groups is 1. The minimum atomic E-state index is -3.25. The number of nitrogens with zero attached hydrogens (tertiary/aromatic N) is 1. The van der Waals surface area contributed by atoms with Gasteiger partial charge in [0.1, 0.15) is 10.7 Å². The maximum atomic E-state index is 11.9. The summed E-state index contributed by atoms with van der Waals surface area (Å²) < 4.78 is 24.1. The molecule has 0 spiro atoms. The molecule has 1 fully saturated rings. The molecule has 0 saturated heterocycles. The van der Waals surface area contributed by atoms with Gasteiger partial charge in [-0.15, -0.1) is 0 Å². The maximum absolute atomic E-state index is 11.9. The van der Waals surface area contributed by atoms with Crippen molar-refractivity contribution in [3.05, 3.63) is 4.88 Å². The van der Waals surface area contributed by atoms with Crippen LogP contribution >= 0.6 is 11.3 Å². The summed E-state index contributed by atoms with van der Waals surface area (Å²) in [6.07, 6.45) is 4.49. The topological polar surface area (TPSA) is 126 Å². The molecule has 1 aliphatic carbocycles. The van der Waals surface area contributed by atoms with Crippen molar-refractivity contribution in [2.75, 3.05) is 30.4 Å². The normalized spacial score (nSPS) is 15.5. The summed E-state index contributed by atoms with van der Waals surface area (Å²) in [5.74, 6) is -0.155. The second kappa shape index (κ2) is 6.58. The van der Waals surface area contributed by atoms with Crippen molar-refractivity contribution in [3.8, 4) is 0 Å². The highest BCUT2D eigenvalue weighted by molar-refractivity contribution is 7.88. The van der Waals surface area contributed by atoms with E-state index in [1.54, 1.807) is 0 Å². The number of thiazole rings is 1. The molecular weight excluding hydrogens is 314 g/mol. The fraction of sp³-hybridized carbons (Fsp3) is 0.636. The molecule has 1 heterocycles. The van der Waals surface area contributed by atoms with Crippen LogP contribution in [0.25, 0.3) is 0 Å². The van der Waals surface area contributed by atoms with Gasteiger partial charge in [0.15, 0.2) is 5.13 Å². The van der Waals surface area contributed by atoms with Gasteiger partial charge in [-0.1, -0.05) is 11.3 Å². The van der Waals surface area contributed by atoms with E-state index < -0.39 is 10.0 Å². The maximum Gasteiger partial charge on any atom is 0.265 e. The smallest absolute Gasteiger partial charge is 0.265 e. The zero-order valence-electron chi connectivity index (χ0n) is 11.7. The van der Waals surface area contributed by atoms with Crippen LogP contribution in [0.1, 0.15) is 28.9 Å². The Hall–Kier alpha value is -1.39. The second-order valence-electron chi connectivity index (χ2n) is 4.93. The van der Waals surface area contributed by atoms with E-state index in [1.807, 2.05) is 0 Å². The van der Waals surface area contributed by atoms with Crippen LogP contribution in [0.2, 0.25) is 0 Å². The first-order valence-corrected chi connectivity index (χ1v) is 9.31. The molecule has 8 nitrogen and oxygen atoms in total. The van der Waals surface area contributed by atoms with E-state index in [0.29, 0.717) is 16.1 Å². The van der Waals surface area contributed by atoms with E-state index in [0.717, 1.165) is 19.1 Å². The van der Waals surface area contributed by atoms with Crippen LogP contribution in [-0.4, -0.2) is 44.7 Å². The first-order chi connectivity index (χ1) is 9.85. The lowest BCUT2D eigenvalue weighted by Gasteiger charge is -2.25. The fourth-order valence-electron chi connectivity index (χ4n) is 1.78. The molecule has 0 aliphatic heterocycles. The van der Waals surface area contributed by atoms with E-state index in [9.17, 15) is 13.2 Å². The predicted octanol–water partition coefficient (Wildman–Crippen LogP) is -0.0313. The first kappa shape index (κ1) is 16.0. The molecule has 1 aromatic rings. The zero-order valence-corrected chi connectivity index (χ0v) is 13.3. The lowest BCUT2D eigenvalue weighted by molar-refractivity contribution is 0.0959. The van der Waals surface area contributed by atoms with Gasteiger partial charge in [0.25, 0.3) is 5.91 Å². The van der Waals surface area contributed by atoms with Gasteiger partial charge in [-0.05, 0) is 19.3 Å². The standard InChI is InChI=1S/C11H19N5O3S2/c1-21(18,19)14-6-5-13-10(17)8-9(12)16-11(20-8)15-7-3-2-4-7/h7,14H,2-6,12H2,1H3,(H,13,17)(H,15,16). The van der Waals surface area contributed by atoms with Crippen molar-refractivity contribution in [3.63, 3.8) is 0 Å². The van der Waals surface area contributed by atoms with Crippen molar-refractivity contribution in [1.29, 1.82) is 0 Å². The molecule has 1 aliphatic rings. The molecule has 0 unspecified atom stereocenters. The summed E-state index contributed by atoms with van der Waals surface area (Å²) in [5.41, 5.74) is 5.74. The van der Waals surface area contributed by atoms with Gasteiger partial charge in [-0.2, -0.15) is 0 Å². The fourth-order valence-corrected chi connectivity index (χ4v) is 3.13. The van der Waals surface area contributed by atoms with Crippen molar-refractivity contribution in [2.24, 2.45) is 0 Å². The lowest BCUT2D eigenvalue weighted by atomic mass is 9.93. The molecule has 0 radical (unpaired) electrons. The predicted molar refractivity (Wildman–Crippen MR) is 83.0 cm³/mol. The summed E-state index contributed by atoms with van der Waals surface area (Å²) >= 11 is 1.21. The Morgan fingerprint density at radius 2 is 2.14 bits per heavy atom. The van der Waals surface area contributed by atoms with Gasteiger partial charge in [0, 0.05) is 19.1 Å². The number of sulfonamides is 1. The molecule has 0 atom stereocenters. The van der Waals surface area contributed by atoms with Crippen molar-refractivity contribution in [1.82, 2.24) is 15.0 Å². The Balaban J connectivity index is 1.83.